The SMILES string of the molecule is COc1ccc2c(c1)OC[C@H]1[C@@H]2N2C(=O)CN(CC3CCCO3)C(=O)[C@@]2(C)[C@H]1c1ccccc1. The minimum Gasteiger partial charge on any atom is -0.497 e. The van der Waals surface area contributed by atoms with Gasteiger partial charge in [0.25, 0.3) is 0 Å². The maximum absolute atomic E-state index is 14.2. The number of amides is 2. The van der Waals surface area contributed by atoms with Crippen LogP contribution in [0.4, 0.5) is 0 Å². The molecule has 0 saturated carbocycles. The number of methoxy groups -OCH3 is 1. The van der Waals surface area contributed by atoms with E-state index in [1.54, 1.807) is 12.0 Å². The molecule has 34 heavy (non-hydrogen) atoms. The molecule has 0 aliphatic carbocycles. The summed E-state index contributed by atoms with van der Waals surface area (Å²) in [6.45, 7) is 3.66. The van der Waals surface area contributed by atoms with Crippen LogP contribution in [0.15, 0.2) is 48.5 Å². The van der Waals surface area contributed by atoms with Crippen molar-refractivity contribution >= 4 is 11.8 Å². The molecule has 4 aliphatic heterocycles. The number of piperazine rings is 1. The van der Waals surface area contributed by atoms with Gasteiger partial charge in [-0.25, -0.2) is 0 Å². The molecule has 7 heteroatoms. The van der Waals surface area contributed by atoms with Crippen LogP contribution in [0.3, 0.4) is 0 Å². The van der Waals surface area contributed by atoms with Gasteiger partial charge in [0.05, 0.1) is 32.4 Å². The monoisotopic (exact) mass is 462 g/mol. The lowest BCUT2D eigenvalue weighted by Gasteiger charge is -2.47. The van der Waals surface area contributed by atoms with Gasteiger partial charge < -0.3 is 24.0 Å². The van der Waals surface area contributed by atoms with Crippen molar-refractivity contribution in [3.63, 3.8) is 0 Å². The van der Waals surface area contributed by atoms with Gasteiger partial charge in [0.2, 0.25) is 11.8 Å². The van der Waals surface area contributed by atoms with Crippen LogP contribution in [-0.4, -0.2) is 66.7 Å². The van der Waals surface area contributed by atoms with E-state index in [2.05, 4.69) is 12.1 Å². The minimum atomic E-state index is -1.00. The summed E-state index contributed by atoms with van der Waals surface area (Å²) in [7, 11) is 1.63. The Labute approximate surface area is 199 Å². The molecule has 4 aliphatic rings. The first-order valence-electron chi connectivity index (χ1n) is 12.1. The lowest BCUT2D eigenvalue weighted by Crippen LogP contribution is -2.66. The zero-order chi connectivity index (χ0) is 23.4. The smallest absolute Gasteiger partial charge is 0.249 e. The first-order valence-corrected chi connectivity index (χ1v) is 12.1. The Bertz CT molecular complexity index is 1120. The second-order valence-electron chi connectivity index (χ2n) is 9.94. The molecule has 5 atom stereocenters. The predicted molar refractivity (Wildman–Crippen MR) is 125 cm³/mol. The number of hydrogen-bond donors (Lipinski definition) is 0. The fourth-order valence-corrected chi connectivity index (χ4v) is 6.68. The summed E-state index contributed by atoms with van der Waals surface area (Å²) in [4.78, 5) is 31.6. The zero-order valence-electron chi connectivity index (χ0n) is 19.6. The van der Waals surface area contributed by atoms with E-state index in [1.165, 1.54) is 0 Å². The standard InChI is InChI=1S/C27H30N2O5/c1-27-24(17-7-4-3-5-8-17)21-16-34-22-13-18(32-2)10-11-20(22)25(21)29(27)23(30)15-28(26(27)31)14-19-9-6-12-33-19/h3-5,7-8,10-11,13,19,21,24-25H,6,9,12,14-16H2,1-2H3/t19?,21-,24+,25-,27-/m1/s1. The predicted octanol–water partition coefficient (Wildman–Crippen LogP) is 3.15. The highest BCUT2D eigenvalue weighted by molar-refractivity contribution is 6.00. The highest BCUT2D eigenvalue weighted by Gasteiger charge is 2.66. The van der Waals surface area contributed by atoms with E-state index in [4.69, 9.17) is 14.2 Å². The van der Waals surface area contributed by atoms with E-state index < -0.39 is 5.54 Å². The summed E-state index contributed by atoms with van der Waals surface area (Å²) >= 11 is 0. The van der Waals surface area contributed by atoms with E-state index in [-0.39, 0.29) is 42.3 Å². The van der Waals surface area contributed by atoms with Crippen LogP contribution in [-0.2, 0) is 14.3 Å². The van der Waals surface area contributed by atoms with Gasteiger partial charge in [-0.05, 0) is 37.5 Å². The molecule has 0 N–H and O–H groups in total. The number of nitrogens with zero attached hydrogens (tertiary/aromatic N) is 2. The van der Waals surface area contributed by atoms with Crippen LogP contribution in [0, 0.1) is 5.92 Å². The van der Waals surface area contributed by atoms with Gasteiger partial charge in [-0.15, -0.1) is 0 Å². The molecule has 0 radical (unpaired) electrons. The van der Waals surface area contributed by atoms with Crippen molar-refractivity contribution in [2.75, 3.05) is 33.4 Å². The molecule has 3 saturated heterocycles. The summed E-state index contributed by atoms with van der Waals surface area (Å²) in [5.74, 6) is 1.19. The number of hydrogen-bond acceptors (Lipinski definition) is 5. The van der Waals surface area contributed by atoms with Gasteiger partial charge in [-0.1, -0.05) is 30.3 Å². The van der Waals surface area contributed by atoms with E-state index in [0.717, 1.165) is 36.3 Å². The summed E-state index contributed by atoms with van der Waals surface area (Å²) in [6, 6.07) is 15.6. The van der Waals surface area contributed by atoms with Gasteiger partial charge in [-0.3, -0.25) is 9.59 Å². The van der Waals surface area contributed by atoms with Gasteiger partial charge >= 0.3 is 0 Å². The Kier molecular flexibility index (Phi) is 5.06. The molecule has 178 valence electrons. The normalized spacial score (nSPS) is 32.2. The first-order chi connectivity index (χ1) is 16.5. The molecule has 6 rings (SSSR count). The summed E-state index contributed by atoms with van der Waals surface area (Å²) < 4.78 is 17.4. The van der Waals surface area contributed by atoms with Crippen molar-refractivity contribution in [2.24, 2.45) is 5.92 Å². The molecule has 1 unspecified atom stereocenters. The van der Waals surface area contributed by atoms with Crippen molar-refractivity contribution in [1.29, 1.82) is 0 Å². The average Bonchev–Trinajstić information content (AvgIpc) is 3.46. The second kappa shape index (κ2) is 8.01. The van der Waals surface area contributed by atoms with Crippen molar-refractivity contribution < 1.29 is 23.8 Å². The Morgan fingerprint density at radius 1 is 1.15 bits per heavy atom. The van der Waals surface area contributed by atoms with Crippen molar-refractivity contribution in [3.8, 4) is 11.5 Å². The number of carbonyl (C=O) groups excluding carboxylic acids is 2. The largest absolute Gasteiger partial charge is 0.497 e. The summed E-state index contributed by atoms with van der Waals surface area (Å²) in [6.07, 6.45) is 1.93. The van der Waals surface area contributed by atoms with Gasteiger partial charge in [0, 0.05) is 36.6 Å². The Morgan fingerprint density at radius 3 is 2.71 bits per heavy atom. The van der Waals surface area contributed by atoms with E-state index in [0.29, 0.717) is 18.9 Å². The van der Waals surface area contributed by atoms with Crippen molar-refractivity contribution in [1.82, 2.24) is 9.80 Å². The molecule has 0 spiro atoms. The van der Waals surface area contributed by atoms with Crippen LogP contribution in [0.2, 0.25) is 0 Å². The topological polar surface area (TPSA) is 68.3 Å². The maximum atomic E-state index is 14.2. The molecule has 0 aromatic heterocycles. The number of ether oxygens (including phenoxy) is 3. The van der Waals surface area contributed by atoms with Crippen molar-refractivity contribution in [2.45, 2.75) is 43.4 Å². The molecule has 3 fully saturated rings. The molecule has 2 amide bonds. The Morgan fingerprint density at radius 2 is 1.97 bits per heavy atom. The fraction of sp³-hybridized carbons (Fsp3) is 0.481. The lowest BCUT2D eigenvalue weighted by atomic mass is 9.73. The van der Waals surface area contributed by atoms with Gasteiger partial charge in [-0.2, -0.15) is 0 Å². The van der Waals surface area contributed by atoms with E-state index in [1.807, 2.05) is 48.2 Å². The third kappa shape index (κ3) is 3.06. The summed E-state index contributed by atoms with van der Waals surface area (Å²) in [5, 5.41) is 0. The molecule has 0 bridgehead atoms. The third-order valence-corrected chi connectivity index (χ3v) is 8.11. The van der Waals surface area contributed by atoms with Crippen LogP contribution in [0.25, 0.3) is 0 Å². The fourth-order valence-electron chi connectivity index (χ4n) is 6.68. The zero-order valence-corrected chi connectivity index (χ0v) is 19.6. The molecule has 2 aromatic rings. The Hall–Kier alpha value is -3.06. The molecular weight excluding hydrogens is 432 g/mol. The minimum absolute atomic E-state index is 0.000847. The van der Waals surface area contributed by atoms with Crippen LogP contribution in [0.1, 0.15) is 42.9 Å². The Balaban J connectivity index is 1.46. The highest BCUT2D eigenvalue weighted by Crippen LogP contribution is 2.60. The van der Waals surface area contributed by atoms with E-state index in [9.17, 15) is 9.59 Å². The average molecular weight is 463 g/mol. The van der Waals surface area contributed by atoms with E-state index >= 15 is 0 Å². The molecular formula is C27H30N2O5. The third-order valence-electron chi connectivity index (χ3n) is 8.11. The number of benzene rings is 2. The maximum Gasteiger partial charge on any atom is 0.249 e. The van der Waals surface area contributed by atoms with Gasteiger partial charge in [0.1, 0.15) is 17.0 Å². The van der Waals surface area contributed by atoms with Crippen LogP contribution < -0.4 is 9.47 Å². The van der Waals surface area contributed by atoms with Gasteiger partial charge in [0.15, 0.2) is 0 Å². The quantitative estimate of drug-likeness (QED) is 0.698. The second-order valence-corrected chi connectivity index (χ2v) is 9.94. The number of rotatable bonds is 4. The van der Waals surface area contributed by atoms with Crippen LogP contribution in [0.5, 0.6) is 11.5 Å². The first kappa shape index (κ1) is 21.5. The lowest BCUT2D eigenvalue weighted by molar-refractivity contribution is -0.165. The summed E-state index contributed by atoms with van der Waals surface area (Å²) in [5.41, 5.74) is 0.994. The number of carbonyl (C=O) groups is 2. The van der Waals surface area contributed by atoms with Crippen LogP contribution >= 0.6 is 0 Å². The molecule has 4 heterocycles. The molecule has 7 nitrogen and oxygen atoms in total. The van der Waals surface area contributed by atoms with Crippen molar-refractivity contribution in [3.05, 3.63) is 59.7 Å². The number of fused-ring (bicyclic) bond motifs is 5. The highest BCUT2D eigenvalue weighted by atomic mass is 16.5. The molecule has 2 aromatic carbocycles.